The quantitative estimate of drug-likeness (QED) is 0.771. The molecule has 1 aromatic heterocycles. The van der Waals surface area contributed by atoms with Crippen LogP contribution < -0.4 is 0 Å². The van der Waals surface area contributed by atoms with Crippen molar-refractivity contribution in [1.29, 1.82) is 0 Å². The standard InChI is InChI=1S/C9H9NO3S2/c1-15(11,12)13-5-7-3-2-4-8-9(7)14-6-10-8/h2-4,6H,5H2,1H3. The number of rotatable bonds is 3. The first kappa shape index (κ1) is 10.5. The van der Waals surface area contributed by atoms with E-state index in [0.717, 1.165) is 22.0 Å². The van der Waals surface area contributed by atoms with E-state index in [2.05, 4.69) is 4.98 Å². The summed E-state index contributed by atoms with van der Waals surface area (Å²) in [7, 11) is -3.39. The second-order valence-corrected chi connectivity index (χ2v) is 5.58. The Labute approximate surface area is 91.7 Å². The van der Waals surface area contributed by atoms with Gasteiger partial charge in [-0.1, -0.05) is 12.1 Å². The Balaban J connectivity index is 2.32. The highest BCUT2D eigenvalue weighted by Gasteiger charge is 2.07. The maximum Gasteiger partial charge on any atom is 0.264 e. The fourth-order valence-electron chi connectivity index (χ4n) is 1.23. The summed E-state index contributed by atoms with van der Waals surface area (Å²) in [6.07, 6.45) is 1.04. The summed E-state index contributed by atoms with van der Waals surface area (Å²) in [5, 5.41) is 0. The van der Waals surface area contributed by atoms with E-state index >= 15 is 0 Å². The molecule has 0 unspecified atom stereocenters. The van der Waals surface area contributed by atoms with Crippen molar-refractivity contribution in [2.75, 3.05) is 6.26 Å². The zero-order valence-corrected chi connectivity index (χ0v) is 9.64. The molecule has 2 rings (SSSR count). The van der Waals surface area contributed by atoms with Crippen LogP contribution in [0.2, 0.25) is 0 Å². The largest absolute Gasteiger partial charge is 0.265 e. The third-order valence-corrected chi connectivity index (χ3v) is 3.33. The maximum absolute atomic E-state index is 10.8. The average molecular weight is 243 g/mol. The van der Waals surface area contributed by atoms with Crippen LogP contribution in [-0.4, -0.2) is 19.7 Å². The molecule has 0 amide bonds. The second-order valence-electron chi connectivity index (χ2n) is 3.08. The fourth-order valence-corrected chi connectivity index (χ4v) is 2.36. The van der Waals surface area contributed by atoms with E-state index in [1.54, 1.807) is 5.51 Å². The van der Waals surface area contributed by atoms with Crippen LogP contribution in [-0.2, 0) is 20.9 Å². The second kappa shape index (κ2) is 3.88. The molecule has 0 bridgehead atoms. The number of thiazole rings is 1. The molecule has 4 nitrogen and oxygen atoms in total. The first-order valence-corrected chi connectivity index (χ1v) is 6.91. The molecule has 6 heteroatoms. The van der Waals surface area contributed by atoms with Crippen molar-refractivity contribution < 1.29 is 12.6 Å². The minimum Gasteiger partial charge on any atom is -0.265 e. The minimum atomic E-state index is -3.39. The number of fused-ring (bicyclic) bond motifs is 1. The molecule has 0 N–H and O–H groups in total. The zero-order chi connectivity index (χ0) is 10.9. The number of aromatic nitrogens is 1. The molecule has 0 aliphatic carbocycles. The number of nitrogens with zero attached hydrogens (tertiary/aromatic N) is 1. The SMILES string of the molecule is CS(=O)(=O)OCc1cccc2ncsc12. The van der Waals surface area contributed by atoms with Gasteiger partial charge in [-0.05, 0) is 11.6 Å². The molecule has 1 heterocycles. The lowest BCUT2D eigenvalue weighted by Gasteiger charge is -2.01. The highest BCUT2D eigenvalue weighted by Crippen LogP contribution is 2.22. The predicted octanol–water partition coefficient (Wildman–Crippen LogP) is 1.77. The third-order valence-electron chi connectivity index (χ3n) is 1.87. The fraction of sp³-hybridized carbons (Fsp3) is 0.222. The third kappa shape index (κ3) is 2.53. The van der Waals surface area contributed by atoms with Gasteiger partial charge in [0.15, 0.2) is 0 Å². The molecule has 0 fully saturated rings. The van der Waals surface area contributed by atoms with Gasteiger partial charge in [-0.2, -0.15) is 8.42 Å². The summed E-state index contributed by atoms with van der Waals surface area (Å²) in [5.41, 5.74) is 3.45. The van der Waals surface area contributed by atoms with E-state index in [1.165, 1.54) is 11.3 Å². The van der Waals surface area contributed by atoms with Gasteiger partial charge < -0.3 is 0 Å². The Hall–Kier alpha value is -0.980. The Morgan fingerprint density at radius 2 is 2.27 bits per heavy atom. The van der Waals surface area contributed by atoms with E-state index in [0.29, 0.717) is 0 Å². The monoisotopic (exact) mass is 243 g/mol. The van der Waals surface area contributed by atoms with Gasteiger partial charge in [0.05, 0.1) is 28.6 Å². The Kier molecular flexibility index (Phi) is 2.72. The van der Waals surface area contributed by atoms with Crippen molar-refractivity contribution in [3.63, 3.8) is 0 Å². The van der Waals surface area contributed by atoms with E-state index in [4.69, 9.17) is 4.18 Å². The Bertz CT molecular complexity index is 574. The van der Waals surface area contributed by atoms with Crippen molar-refractivity contribution in [1.82, 2.24) is 4.98 Å². The van der Waals surface area contributed by atoms with E-state index in [9.17, 15) is 8.42 Å². The lowest BCUT2D eigenvalue weighted by Crippen LogP contribution is -2.02. The van der Waals surface area contributed by atoms with Crippen LogP contribution in [0.4, 0.5) is 0 Å². The van der Waals surface area contributed by atoms with Crippen LogP contribution in [0.15, 0.2) is 23.7 Å². The molecule has 2 aromatic rings. The Morgan fingerprint density at radius 1 is 1.47 bits per heavy atom. The summed E-state index contributed by atoms with van der Waals surface area (Å²) >= 11 is 1.48. The Morgan fingerprint density at radius 3 is 3.00 bits per heavy atom. The molecule has 0 spiro atoms. The molecule has 80 valence electrons. The molecule has 0 aliphatic rings. The lowest BCUT2D eigenvalue weighted by atomic mass is 10.2. The topological polar surface area (TPSA) is 56.3 Å². The van der Waals surface area contributed by atoms with Gasteiger partial charge in [0.25, 0.3) is 10.1 Å². The van der Waals surface area contributed by atoms with Crippen LogP contribution in [0.25, 0.3) is 10.2 Å². The van der Waals surface area contributed by atoms with Crippen molar-refractivity contribution >= 4 is 31.7 Å². The summed E-state index contributed by atoms with van der Waals surface area (Å²) in [5.74, 6) is 0. The minimum absolute atomic E-state index is 0.0678. The summed E-state index contributed by atoms with van der Waals surface area (Å²) in [6.45, 7) is 0.0678. The van der Waals surface area contributed by atoms with Crippen molar-refractivity contribution in [2.45, 2.75) is 6.61 Å². The molecule has 1 aromatic carbocycles. The van der Waals surface area contributed by atoms with Crippen LogP contribution in [0, 0.1) is 0 Å². The molecule has 0 saturated heterocycles. The van der Waals surface area contributed by atoms with Gasteiger partial charge in [-0.25, -0.2) is 4.98 Å². The summed E-state index contributed by atoms with van der Waals surface area (Å²) < 4.78 is 27.4. The van der Waals surface area contributed by atoms with E-state index < -0.39 is 10.1 Å². The normalized spacial score (nSPS) is 12.1. The zero-order valence-electron chi connectivity index (χ0n) is 8.00. The molecular formula is C9H9NO3S2. The maximum atomic E-state index is 10.8. The number of hydrogen-bond donors (Lipinski definition) is 0. The molecule has 0 saturated carbocycles. The van der Waals surface area contributed by atoms with Gasteiger partial charge in [-0.15, -0.1) is 11.3 Å². The first-order chi connectivity index (χ1) is 7.06. The highest BCUT2D eigenvalue weighted by atomic mass is 32.2. The van der Waals surface area contributed by atoms with Crippen LogP contribution in [0.3, 0.4) is 0 Å². The highest BCUT2D eigenvalue weighted by molar-refractivity contribution is 7.85. The molecule has 15 heavy (non-hydrogen) atoms. The van der Waals surface area contributed by atoms with E-state index in [1.807, 2.05) is 18.2 Å². The van der Waals surface area contributed by atoms with Crippen LogP contribution in [0.1, 0.15) is 5.56 Å². The molecule has 0 radical (unpaired) electrons. The molecule has 0 atom stereocenters. The van der Waals surface area contributed by atoms with Gasteiger partial charge in [0, 0.05) is 0 Å². The van der Waals surface area contributed by atoms with Crippen LogP contribution >= 0.6 is 11.3 Å². The van der Waals surface area contributed by atoms with Crippen molar-refractivity contribution in [3.8, 4) is 0 Å². The lowest BCUT2D eigenvalue weighted by molar-refractivity contribution is 0.313. The predicted molar refractivity (Wildman–Crippen MR) is 59.3 cm³/mol. The summed E-state index contributed by atoms with van der Waals surface area (Å²) in [6, 6.07) is 5.56. The van der Waals surface area contributed by atoms with Crippen LogP contribution in [0.5, 0.6) is 0 Å². The number of hydrogen-bond acceptors (Lipinski definition) is 5. The average Bonchev–Trinajstić information content (AvgIpc) is 2.61. The first-order valence-electron chi connectivity index (χ1n) is 4.22. The number of benzene rings is 1. The molecule has 0 aliphatic heterocycles. The van der Waals surface area contributed by atoms with Gasteiger partial charge >= 0.3 is 0 Å². The van der Waals surface area contributed by atoms with Gasteiger partial charge in [-0.3, -0.25) is 4.18 Å². The summed E-state index contributed by atoms with van der Waals surface area (Å²) in [4.78, 5) is 4.14. The van der Waals surface area contributed by atoms with Gasteiger partial charge in [0.2, 0.25) is 0 Å². The van der Waals surface area contributed by atoms with Gasteiger partial charge in [0.1, 0.15) is 0 Å². The molecular weight excluding hydrogens is 234 g/mol. The van der Waals surface area contributed by atoms with E-state index in [-0.39, 0.29) is 6.61 Å². The van der Waals surface area contributed by atoms with Crippen molar-refractivity contribution in [3.05, 3.63) is 29.3 Å². The smallest absolute Gasteiger partial charge is 0.264 e. The van der Waals surface area contributed by atoms with Crippen molar-refractivity contribution in [2.24, 2.45) is 0 Å².